The molecule has 1 aliphatic rings. The molecule has 0 aromatic heterocycles. The van der Waals surface area contributed by atoms with Gasteiger partial charge in [0.05, 0.1) is 13.2 Å². The number of ether oxygens (including phenoxy) is 3. The van der Waals surface area contributed by atoms with Gasteiger partial charge in [-0.25, -0.2) is 4.79 Å². The Morgan fingerprint density at radius 2 is 1.79 bits per heavy atom. The molecular formula is C22H28N2O4. The molecule has 1 aliphatic heterocycles. The Morgan fingerprint density at radius 1 is 1.11 bits per heavy atom. The molecule has 0 radical (unpaired) electrons. The largest absolute Gasteiger partial charge is 0.497 e. The van der Waals surface area contributed by atoms with E-state index >= 15 is 0 Å². The Hall–Kier alpha value is -2.89. The molecule has 2 aromatic rings. The molecule has 28 heavy (non-hydrogen) atoms. The lowest BCUT2D eigenvalue weighted by Gasteiger charge is -2.28. The third-order valence-corrected chi connectivity index (χ3v) is 4.80. The van der Waals surface area contributed by atoms with E-state index in [2.05, 4.69) is 19.2 Å². The van der Waals surface area contributed by atoms with Gasteiger partial charge in [-0.05, 0) is 41.3 Å². The van der Waals surface area contributed by atoms with E-state index in [1.54, 1.807) is 19.1 Å². The van der Waals surface area contributed by atoms with Crippen LogP contribution in [0.3, 0.4) is 0 Å². The van der Waals surface area contributed by atoms with E-state index in [0.29, 0.717) is 19.8 Å². The summed E-state index contributed by atoms with van der Waals surface area (Å²) >= 11 is 0. The van der Waals surface area contributed by atoms with Crippen LogP contribution in [0, 0.1) is 5.92 Å². The predicted octanol–water partition coefficient (Wildman–Crippen LogP) is 4.01. The number of rotatable bonds is 6. The molecule has 0 saturated carbocycles. The predicted molar refractivity (Wildman–Crippen MR) is 108 cm³/mol. The number of carbonyl (C=O) groups excluding carboxylic acids is 1. The average Bonchev–Trinajstić information content (AvgIpc) is 2.71. The van der Waals surface area contributed by atoms with Crippen molar-refractivity contribution in [3.63, 3.8) is 0 Å². The summed E-state index contributed by atoms with van der Waals surface area (Å²) in [5.41, 5.74) is 2.05. The highest BCUT2D eigenvalue weighted by Crippen LogP contribution is 2.34. The number of carbonyl (C=O) groups is 1. The van der Waals surface area contributed by atoms with Crippen LogP contribution in [-0.4, -0.2) is 38.3 Å². The molecule has 1 N–H and O–H groups in total. The summed E-state index contributed by atoms with van der Waals surface area (Å²) < 4.78 is 16.5. The molecule has 1 heterocycles. The van der Waals surface area contributed by atoms with Crippen LogP contribution in [0.1, 0.15) is 31.0 Å². The Morgan fingerprint density at radius 3 is 2.43 bits per heavy atom. The maximum atomic E-state index is 12.8. The number of nitrogens with zero attached hydrogens (tertiary/aromatic N) is 1. The Labute approximate surface area is 166 Å². The second-order valence-corrected chi connectivity index (χ2v) is 7.28. The fraction of sp³-hybridized carbons (Fsp3) is 0.409. The second kappa shape index (κ2) is 8.87. The summed E-state index contributed by atoms with van der Waals surface area (Å²) in [4.78, 5) is 14.5. The number of nitrogens with one attached hydrogen (secondary N) is 1. The van der Waals surface area contributed by atoms with Crippen LogP contribution in [-0.2, 0) is 6.54 Å². The Bertz CT molecular complexity index is 805. The number of amides is 2. The van der Waals surface area contributed by atoms with Crippen molar-refractivity contribution in [1.82, 2.24) is 10.2 Å². The Balaban J connectivity index is 1.68. The van der Waals surface area contributed by atoms with Crippen LogP contribution >= 0.6 is 0 Å². The summed E-state index contributed by atoms with van der Waals surface area (Å²) in [5, 5.41) is 3.15. The van der Waals surface area contributed by atoms with Gasteiger partial charge in [-0.15, -0.1) is 0 Å². The number of benzene rings is 2. The highest BCUT2D eigenvalue weighted by atomic mass is 16.6. The number of hydrogen-bond donors (Lipinski definition) is 1. The van der Waals surface area contributed by atoms with Crippen molar-refractivity contribution < 1.29 is 19.0 Å². The van der Waals surface area contributed by atoms with Gasteiger partial charge < -0.3 is 24.4 Å². The molecule has 6 nitrogen and oxygen atoms in total. The van der Waals surface area contributed by atoms with Gasteiger partial charge in [0.15, 0.2) is 11.5 Å². The average molecular weight is 384 g/mol. The third-order valence-electron chi connectivity index (χ3n) is 4.80. The number of methoxy groups -OCH3 is 1. The van der Waals surface area contributed by atoms with Crippen LogP contribution in [0.5, 0.6) is 17.2 Å². The fourth-order valence-corrected chi connectivity index (χ4v) is 3.21. The van der Waals surface area contributed by atoms with Gasteiger partial charge in [0, 0.05) is 13.6 Å². The van der Waals surface area contributed by atoms with Gasteiger partial charge in [0.2, 0.25) is 0 Å². The first-order valence-corrected chi connectivity index (χ1v) is 9.52. The monoisotopic (exact) mass is 384 g/mol. The summed E-state index contributed by atoms with van der Waals surface area (Å²) in [6, 6.07) is 13.3. The SMILES string of the molecule is COc1ccc(CN(C)C(=O)N[C@H](c2ccc3c(c2)OCCO3)C(C)C)cc1. The molecule has 150 valence electrons. The van der Waals surface area contributed by atoms with E-state index in [9.17, 15) is 4.79 Å². The first kappa shape index (κ1) is 19.9. The lowest BCUT2D eigenvalue weighted by molar-refractivity contribution is 0.171. The molecule has 2 amide bonds. The minimum Gasteiger partial charge on any atom is -0.497 e. The molecular weight excluding hydrogens is 356 g/mol. The fourth-order valence-electron chi connectivity index (χ4n) is 3.21. The number of fused-ring (bicyclic) bond motifs is 1. The molecule has 0 unspecified atom stereocenters. The van der Waals surface area contributed by atoms with Crippen molar-refractivity contribution in [2.75, 3.05) is 27.4 Å². The summed E-state index contributed by atoms with van der Waals surface area (Å²) in [7, 11) is 3.43. The maximum Gasteiger partial charge on any atom is 0.317 e. The van der Waals surface area contributed by atoms with Gasteiger partial charge in [0.25, 0.3) is 0 Å². The van der Waals surface area contributed by atoms with Crippen molar-refractivity contribution in [1.29, 1.82) is 0 Å². The van der Waals surface area contributed by atoms with Crippen LogP contribution in [0.4, 0.5) is 4.79 Å². The molecule has 6 heteroatoms. The van der Waals surface area contributed by atoms with Gasteiger partial charge in [-0.2, -0.15) is 0 Å². The smallest absolute Gasteiger partial charge is 0.317 e. The highest BCUT2D eigenvalue weighted by Gasteiger charge is 2.23. The molecule has 0 fully saturated rings. The van der Waals surface area contributed by atoms with E-state index in [1.807, 2.05) is 42.5 Å². The van der Waals surface area contributed by atoms with Crippen LogP contribution in [0.25, 0.3) is 0 Å². The van der Waals surface area contributed by atoms with Crippen molar-refractivity contribution >= 4 is 6.03 Å². The molecule has 0 bridgehead atoms. The molecule has 2 aromatic carbocycles. The minimum absolute atomic E-state index is 0.121. The summed E-state index contributed by atoms with van der Waals surface area (Å²) in [5.74, 6) is 2.51. The van der Waals surface area contributed by atoms with Crippen LogP contribution < -0.4 is 19.5 Å². The topological polar surface area (TPSA) is 60.0 Å². The number of hydrogen-bond acceptors (Lipinski definition) is 4. The maximum absolute atomic E-state index is 12.8. The van der Waals surface area contributed by atoms with Gasteiger partial charge in [-0.1, -0.05) is 32.0 Å². The van der Waals surface area contributed by atoms with Gasteiger partial charge in [-0.3, -0.25) is 0 Å². The van der Waals surface area contributed by atoms with Crippen LogP contribution in [0.2, 0.25) is 0 Å². The Kier molecular flexibility index (Phi) is 6.29. The van der Waals surface area contributed by atoms with E-state index in [1.165, 1.54) is 0 Å². The van der Waals surface area contributed by atoms with E-state index < -0.39 is 0 Å². The summed E-state index contributed by atoms with van der Waals surface area (Å²) in [6.07, 6.45) is 0. The molecule has 3 rings (SSSR count). The lowest BCUT2D eigenvalue weighted by atomic mass is 9.95. The molecule has 0 aliphatic carbocycles. The lowest BCUT2D eigenvalue weighted by Crippen LogP contribution is -2.40. The quantitative estimate of drug-likeness (QED) is 0.818. The first-order chi connectivity index (χ1) is 13.5. The van der Waals surface area contributed by atoms with Gasteiger partial charge >= 0.3 is 6.03 Å². The zero-order valence-electron chi connectivity index (χ0n) is 16.9. The minimum atomic E-state index is -0.123. The normalized spacial score (nSPS) is 13.8. The third kappa shape index (κ3) is 4.68. The molecule has 0 saturated heterocycles. The van der Waals surface area contributed by atoms with Crippen LogP contribution in [0.15, 0.2) is 42.5 Å². The zero-order valence-corrected chi connectivity index (χ0v) is 16.9. The molecule has 1 atom stereocenters. The molecule has 0 spiro atoms. The highest BCUT2D eigenvalue weighted by molar-refractivity contribution is 5.74. The second-order valence-electron chi connectivity index (χ2n) is 7.28. The van der Waals surface area contributed by atoms with Crippen molar-refractivity contribution in [2.45, 2.75) is 26.4 Å². The summed E-state index contributed by atoms with van der Waals surface area (Å²) in [6.45, 7) is 5.80. The zero-order chi connectivity index (χ0) is 20.1. The first-order valence-electron chi connectivity index (χ1n) is 9.52. The standard InChI is InChI=1S/C22H28N2O4/c1-15(2)21(17-7-10-19-20(13-17)28-12-11-27-19)23-22(25)24(3)14-16-5-8-18(26-4)9-6-16/h5-10,13,15,21H,11-12,14H2,1-4H3,(H,23,25)/t21-/m0/s1. The van der Waals surface area contributed by atoms with Gasteiger partial charge in [0.1, 0.15) is 19.0 Å². The van der Waals surface area contributed by atoms with E-state index in [-0.39, 0.29) is 18.0 Å². The van der Waals surface area contributed by atoms with Crippen molar-refractivity contribution in [3.8, 4) is 17.2 Å². The van der Waals surface area contributed by atoms with E-state index in [0.717, 1.165) is 28.4 Å². The van der Waals surface area contributed by atoms with E-state index in [4.69, 9.17) is 14.2 Å². The number of urea groups is 1. The van der Waals surface area contributed by atoms with Crippen molar-refractivity contribution in [3.05, 3.63) is 53.6 Å². The van der Waals surface area contributed by atoms with Crippen molar-refractivity contribution in [2.24, 2.45) is 5.92 Å².